The number of Topliss-reactive ketones (excluding diaryl/α,β-unsaturated/α-hetero) is 1. The van der Waals surface area contributed by atoms with Gasteiger partial charge in [-0.25, -0.2) is 4.99 Å². The van der Waals surface area contributed by atoms with E-state index < -0.39 is 0 Å². The number of hydrogen-bond donors (Lipinski definition) is 1. The maximum absolute atomic E-state index is 12.2. The first-order valence-electron chi connectivity index (χ1n) is 5.92. The molecular weight excluding hydrogens is 238 g/mol. The minimum atomic E-state index is -0.185. The Morgan fingerprint density at radius 2 is 1.53 bits per heavy atom. The standard InChI is InChI=1S/C15H11N3O/c19-14-13(11-7-3-1-4-8-11)17-18-15(14)16-12-9-5-2-6-10-12/h1-10H,(H,16,18,19). The van der Waals surface area contributed by atoms with Crippen molar-refractivity contribution in [3.8, 4) is 0 Å². The lowest BCUT2D eigenvalue weighted by Gasteiger charge is -1.97. The molecular formula is C15H11N3O. The lowest BCUT2D eigenvalue weighted by Crippen LogP contribution is -2.23. The zero-order chi connectivity index (χ0) is 13.1. The summed E-state index contributed by atoms with van der Waals surface area (Å²) in [5.41, 5.74) is 4.61. The first kappa shape index (κ1) is 11.3. The Balaban J connectivity index is 1.88. The topological polar surface area (TPSA) is 53.8 Å². The molecule has 92 valence electrons. The zero-order valence-corrected chi connectivity index (χ0v) is 10.1. The van der Waals surface area contributed by atoms with Gasteiger partial charge in [0, 0.05) is 5.56 Å². The summed E-state index contributed by atoms with van der Waals surface area (Å²) < 4.78 is 0. The fourth-order valence-electron chi connectivity index (χ4n) is 1.82. The first-order valence-corrected chi connectivity index (χ1v) is 5.92. The van der Waals surface area contributed by atoms with Crippen LogP contribution in [0.5, 0.6) is 0 Å². The molecule has 0 saturated carbocycles. The summed E-state index contributed by atoms with van der Waals surface area (Å²) >= 11 is 0. The maximum atomic E-state index is 12.2. The Morgan fingerprint density at radius 1 is 0.895 bits per heavy atom. The molecule has 4 heteroatoms. The van der Waals surface area contributed by atoms with Crippen molar-refractivity contribution in [2.45, 2.75) is 0 Å². The van der Waals surface area contributed by atoms with Crippen molar-refractivity contribution >= 4 is 23.0 Å². The van der Waals surface area contributed by atoms with E-state index in [1.165, 1.54) is 0 Å². The molecule has 0 bridgehead atoms. The predicted molar refractivity (Wildman–Crippen MR) is 74.7 cm³/mol. The first-order chi connectivity index (χ1) is 9.34. The van der Waals surface area contributed by atoms with Crippen molar-refractivity contribution in [3.05, 3.63) is 66.2 Å². The van der Waals surface area contributed by atoms with Gasteiger partial charge in [-0.05, 0) is 12.1 Å². The van der Waals surface area contributed by atoms with Crippen LogP contribution in [0.15, 0.2) is 70.8 Å². The van der Waals surface area contributed by atoms with Crippen LogP contribution in [-0.2, 0) is 4.79 Å². The molecule has 2 aromatic carbocycles. The van der Waals surface area contributed by atoms with Gasteiger partial charge < -0.3 is 0 Å². The summed E-state index contributed by atoms with van der Waals surface area (Å²) in [5.74, 6) is 0.0695. The van der Waals surface area contributed by atoms with Gasteiger partial charge >= 0.3 is 0 Å². The smallest absolute Gasteiger partial charge is 0.250 e. The van der Waals surface area contributed by atoms with Gasteiger partial charge in [0.15, 0.2) is 5.84 Å². The molecule has 0 fully saturated rings. The molecule has 3 rings (SSSR count). The Hall–Kier alpha value is -2.75. The van der Waals surface area contributed by atoms with Crippen molar-refractivity contribution in [3.63, 3.8) is 0 Å². The van der Waals surface area contributed by atoms with Crippen LogP contribution in [0.25, 0.3) is 0 Å². The number of benzene rings is 2. The third-order valence-electron chi connectivity index (χ3n) is 2.75. The Kier molecular flexibility index (Phi) is 2.90. The second-order valence-corrected chi connectivity index (χ2v) is 4.06. The van der Waals surface area contributed by atoms with Gasteiger partial charge in [-0.3, -0.25) is 10.2 Å². The number of carbonyl (C=O) groups excluding carboxylic acids is 1. The Bertz CT molecular complexity index is 660. The van der Waals surface area contributed by atoms with Crippen LogP contribution in [-0.4, -0.2) is 17.3 Å². The highest BCUT2D eigenvalue weighted by Crippen LogP contribution is 2.13. The normalized spacial score (nSPS) is 16.3. The summed E-state index contributed by atoms with van der Waals surface area (Å²) in [7, 11) is 0. The summed E-state index contributed by atoms with van der Waals surface area (Å²) in [4.78, 5) is 16.4. The van der Waals surface area contributed by atoms with E-state index in [1.807, 2.05) is 60.7 Å². The number of nitrogens with zero attached hydrogens (tertiary/aromatic N) is 2. The van der Waals surface area contributed by atoms with Gasteiger partial charge in [0.25, 0.3) is 0 Å². The molecule has 1 N–H and O–H groups in total. The third-order valence-corrected chi connectivity index (χ3v) is 2.75. The van der Waals surface area contributed by atoms with Crippen LogP contribution in [0.4, 0.5) is 5.69 Å². The monoisotopic (exact) mass is 249 g/mol. The number of rotatable bonds is 2. The number of hydrazone groups is 1. The molecule has 0 unspecified atom stereocenters. The van der Waals surface area contributed by atoms with Crippen LogP contribution < -0.4 is 5.43 Å². The van der Waals surface area contributed by atoms with E-state index in [4.69, 9.17) is 0 Å². The third kappa shape index (κ3) is 2.28. The quantitative estimate of drug-likeness (QED) is 0.887. The molecule has 0 saturated heterocycles. The average Bonchev–Trinajstić information content (AvgIpc) is 2.82. The van der Waals surface area contributed by atoms with E-state index in [1.54, 1.807) is 0 Å². The van der Waals surface area contributed by atoms with Crippen LogP contribution in [0, 0.1) is 0 Å². The lowest BCUT2D eigenvalue weighted by atomic mass is 10.1. The average molecular weight is 249 g/mol. The number of aliphatic imine (C=N–C) groups is 1. The Labute approximate surface area is 110 Å². The lowest BCUT2D eigenvalue weighted by molar-refractivity contribution is -0.107. The van der Waals surface area contributed by atoms with Crippen molar-refractivity contribution in [2.24, 2.45) is 10.1 Å². The fourth-order valence-corrected chi connectivity index (χ4v) is 1.82. The molecule has 0 amide bonds. The summed E-state index contributed by atoms with van der Waals surface area (Å²) in [6.07, 6.45) is 0. The predicted octanol–water partition coefficient (Wildman–Crippen LogP) is 2.29. The molecule has 1 heterocycles. The highest BCUT2D eigenvalue weighted by molar-refractivity contribution is 6.71. The summed E-state index contributed by atoms with van der Waals surface area (Å²) in [6.45, 7) is 0. The van der Waals surface area contributed by atoms with Gasteiger partial charge in [-0.15, -0.1) is 0 Å². The second kappa shape index (κ2) is 4.86. The van der Waals surface area contributed by atoms with Crippen molar-refractivity contribution in [1.82, 2.24) is 5.43 Å². The molecule has 4 nitrogen and oxygen atoms in total. The van der Waals surface area contributed by atoms with E-state index in [9.17, 15) is 4.79 Å². The number of nitrogens with one attached hydrogen (secondary N) is 1. The van der Waals surface area contributed by atoms with Gasteiger partial charge in [0.1, 0.15) is 5.71 Å². The van der Waals surface area contributed by atoms with Crippen molar-refractivity contribution < 1.29 is 4.79 Å². The number of hydrogen-bond acceptors (Lipinski definition) is 3. The minimum absolute atomic E-state index is 0.185. The molecule has 0 aromatic heterocycles. The van der Waals surface area contributed by atoms with E-state index in [0.29, 0.717) is 5.71 Å². The highest BCUT2D eigenvalue weighted by Gasteiger charge is 2.25. The SMILES string of the molecule is O=C1C(=Nc2ccccc2)NN=C1c1ccccc1. The molecule has 0 aliphatic carbocycles. The molecule has 1 aliphatic heterocycles. The van der Waals surface area contributed by atoms with Gasteiger partial charge in [0.2, 0.25) is 5.78 Å². The molecule has 0 spiro atoms. The van der Waals surface area contributed by atoms with Crippen LogP contribution in [0.3, 0.4) is 0 Å². The summed E-state index contributed by atoms with van der Waals surface area (Å²) in [6, 6.07) is 18.7. The van der Waals surface area contributed by atoms with E-state index >= 15 is 0 Å². The second-order valence-electron chi connectivity index (χ2n) is 4.06. The van der Waals surface area contributed by atoms with E-state index in [0.717, 1.165) is 11.3 Å². The number of ketones is 1. The Morgan fingerprint density at radius 3 is 2.21 bits per heavy atom. The largest absolute Gasteiger partial charge is 0.283 e. The van der Waals surface area contributed by atoms with E-state index in [2.05, 4.69) is 15.5 Å². The van der Waals surface area contributed by atoms with Gasteiger partial charge in [-0.1, -0.05) is 48.5 Å². The van der Waals surface area contributed by atoms with Gasteiger partial charge in [0.05, 0.1) is 5.69 Å². The maximum Gasteiger partial charge on any atom is 0.250 e. The minimum Gasteiger partial charge on any atom is -0.283 e. The van der Waals surface area contributed by atoms with E-state index in [-0.39, 0.29) is 11.6 Å². The highest BCUT2D eigenvalue weighted by atomic mass is 16.1. The fraction of sp³-hybridized carbons (Fsp3) is 0. The summed E-state index contributed by atoms with van der Waals surface area (Å²) in [5, 5.41) is 4.05. The molecule has 0 atom stereocenters. The van der Waals surface area contributed by atoms with Gasteiger partial charge in [-0.2, -0.15) is 5.10 Å². The zero-order valence-electron chi connectivity index (χ0n) is 10.1. The molecule has 0 radical (unpaired) electrons. The van der Waals surface area contributed by atoms with Crippen molar-refractivity contribution in [1.29, 1.82) is 0 Å². The van der Waals surface area contributed by atoms with Crippen LogP contribution in [0.1, 0.15) is 5.56 Å². The van der Waals surface area contributed by atoms with Crippen LogP contribution in [0.2, 0.25) is 0 Å². The van der Waals surface area contributed by atoms with Crippen molar-refractivity contribution in [2.75, 3.05) is 0 Å². The number of amidine groups is 1. The number of carbonyl (C=O) groups is 1. The van der Waals surface area contributed by atoms with Crippen LogP contribution >= 0.6 is 0 Å². The molecule has 1 aliphatic rings. The number of para-hydroxylation sites is 1. The molecule has 2 aromatic rings. The molecule has 19 heavy (non-hydrogen) atoms.